The van der Waals surface area contributed by atoms with Crippen molar-refractivity contribution in [1.82, 2.24) is 40.5 Å². The summed E-state index contributed by atoms with van der Waals surface area (Å²) in [5.41, 5.74) is -0.240. The Morgan fingerprint density at radius 3 is 2.39 bits per heavy atom. The number of benzene rings is 2. The number of carbonyl (C=O) groups is 6. The third-order valence-corrected chi connectivity index (χ3v) is 12.6. The van der Waals surface area contributed by atoms with Crippen molar-refractivity contribution in [2.24, 2.45) is 5.41 Å². The normalized spacial score (nSPS) is 19.0. The van der Waals surface area contributed by atoms with E-state index in [1.165, 1.54) is 13.2 Å². The summed E-state index contributed by atoms with van der Waals surface area (Å²) in [6, 6.07) is 10.2. The summed E-state index contributed by atoms with van der Waals surface area (Å²) in [5, 5.41) is 16.6. The molecule has 1 spiro atoms. The van der Waals surface area contributed by atoms with Crippen LogP contribution in [0.4, 0.5) is 18.9 Å². The molecule has 6 amide bonds. The van der Waals surface area contributed by atoms with Gasteiger partial charge in [0.1, 0.15) is 28.9 Å². The van der Waals surface area contributed by atoms with Crippen molar-refractivity contribution in [3.8, 4) is 11.5 Å². The Bertz CT molecular complexity index is 2480. The number of anilines is 1. The highest BCUT2D eigenvalue weighted by atomic mass is 19.4. The molecule has 4 aliphatic rings. The van der Waals surface area contributed by atoms with E-state index in [9.17, 15) is 41.9 Å². The van der Waals surface area contributed by atoms with Gasteiger partial charge in [-0.1, -0.05) is 12.1 Å². The van der Waals surface area contributed by atoms with Gasteiger partial charge in [-0.05, 0) is 80.7 Å². The van der Waals surface area contributed by atoms with Crippen LogP contribution in [0, 0.1) is 5.41 Å². The van der Waals surface area contributed by atoms with Crippen LogP contribution in [0.1, 0.15) is 88.3 Å². The lowest BCUT2D eigenvalue weighted by Gasteiger charge is -2.46. The fourth-order valence-electron chi connectivity index (χ4n) is 9.01. The Balaban J connectivity index is 0.731. The molecule has 64 heavy (non-hydrogen) atoms. The van der Waals surface area contributed by atoms with Crippen molar-refractivity contribution < 1.29 is 51.4 Å². The number of nitrogens with one attached hydrogen (secondary N) is 4. The summed E-state index contributed by atoms with van der Waals surface area (Å²) >= 11 is 0. The number of ether oxygens (including phenoxy) is 2. The summed E-state index contributed by atoms with van der Waals surface area (Å²) < 4.78 is 52.9. The first kappa shape index (κ1) is 44.2. The maximum atomic E-state index is 13.5. The van der Waals surface area contributed by atoms with Gasteiger partial charge in [0.25, 0.3) is 17.7 Å². The first-order valence-corrected chi connectivity index (χ1v) is 21.3. The highest BCUT2D eigenvalue weighted by molar-refractivity contribution is 6.24. The number of methoxy groups -OCH3 is 1. The Morgan fingerprint density at radius 1 is 0.906 bits per heavy atom. The fourth-order valence-corrected chi connectivity index (χ4v) is 9.01. The van der Waals surface area contributed by atoms with Gasteiger partial charge in [0.15, 0.2) is 0 Å². The predicted molar refractivity (Wildman–Crippen MR) is 223 cm³/mol. The van der Waals surface area contributed by atoms with Gasteiger partial charge in [0.2, 0.25) is 17.7 Å². The van der Waals surface area contributed by atoms with Crippen LogP contribution in [0.25, 0.3) is 10.9 Å². The molecular formula is C44H48F3N9O8. The van der Waals surface area contributed by atoms with Crippen LogP contribution in [-0.4, -0.2) is 119 Å². The van der Waals surface area contributed by atoms with E-state index in [1.54, 1.807) is 41.2 Å². The second-order valence-electron chi connectivity index (χ2n) is 16.6. The molecule has 8 rings (SSSR count). The molecule has 0 bridgehead atoms. The molecule has 2 aromatic heterocycles. The second kappa shape index (κ2) is 18.4. The minimum atomic E-state index is -4.69. The zero-order chi connectivity index (χ0) is 45.2. The molecule has 4 N–H and O–H groups in total. The molecule has 338 valence electrons. The molecule has 17 nitrogen and oxygen atoms in total. The lowest BCUT2D eigenvalue weighted by molar-refractivity contribution is -0.141. The average Bonchev–Trinajstić information content (AvgIpc) is 3.79. The molecule has 1 saturated carbocycles. The maximum absolute atomic E-state index is 13.5. The van der Waals surface area contributed by atoms with Crippen LogP contribution in [0.15, 0.2) is 54.7 Å². The van der Waals surface area contributed by atoms with Gasteiger partial charge in [-0.25, -0.2) is 4.98 Å². The van der Waals surface area contributed by atoms with Crippen molar-refractivity contribution in [3.05, 3.63) is 77.2 Å². The van der Waals surface area contributed by atoms with Crippen molar-refractivity contribution in [3.63, 3.8) is 0 Å². The number of amides is 6. The van der Waals surface area contributed by atoms with E-state index in [0.717, 1.165) is 55.6 Å². The maximum Gasteiger partial charge on any atom is 0.433 e. The number of likely N-dealkylation sites (tertiary alicyclic amines) is 1. The number of hydrogen-bond acceptors (Lipinski definition) is 12. The molecule has 3 aliphatic heterocycles. The number of rotatable bonds is 14. The zero-order valence-electron chi connectivity index (χ0n) is 35.1. The highest BCUT2D eigenvalue weighted by Crippen LogP contribution is 2.46. The Hall–Kier alpha value is -6.41. The molecular weight excluding hydrogens is 840 g/mol. The summed E-state index contributed by atoms with van der Waals surface area (Å²) in [6.07, 6.45) is 2.24. The van der Waals surface area contributed by atoms with Gasteiger partial charge in [-0.3, -0.25) is 43.7 Å². The number of halogens is 3. The van der Waals surface area contributed by atoms with E-state index in [0.29, 0.717) is 55.9 Å². The number of aromatic nitrogens is 3. The van der Waals surface area contributed by atoms with Crippen LogP contribution in [-0.2, 0) is 27.1 Å². The van der Waals surface area contributed by atoms with E-state index in [4.69, 9.17) is 9.47 Å². The molecule has 1 aliphatic carbocycles. The summed E-state index contributed by atoms with van der Waals surface area (Å²) in [6.45, 7) is 3.87. The number of hydrogen-bond donors (Lipinski definition) is 4. The summed E-state index contributed by atoms with van der Waals surface area (Å²) in [5.74, 6) is -2.40. The van der Waals surface area contributed by atoms with Crippen LogP contribution >= 0.6 is 0 Å². The third kappa shape index (κ3) is 9.42. The molecule has 20 heteroatoms. The predicted octanol–water partition coefficient (Wildman–Crippen LogP) is 3.92. The van der Waals surface area contributed by atoms with E-state index in [1.807, 2.05) is 4.90 Å². The van der Waals surface area contributed by atoms with E-state index in [-0.39, 0.29) is 65.1 Å². The second-order valence-corrected chi connectivity index (χ2v) is 16.6. The first-order valence-electron chi connectivity index (χ1n) is 21.3. The van der Waals surface area contributed by atoms with Crippen molar-refractivity contribution in [2.75, 3.05) is 51.7 Å². The van der Waals surface area contributed by atoms with E-state index < -0.39 is 47.4 Å². The zero-order valence-corrected chi connectivity index (χ0v) is 35.1. The Labute approximate surface area is 365 Å². The molecule has 5 heterocycles. The number of alkyl halides is 3. The Morgan fingerprint density at radius 2 is 1.66 bits per heavy atom. The van der Waals surface area contributed by atoms with Gasteiger partial charge in [-0.2, -0.15) is 18.3 Å². The lowest BCUT2D eigenvalue weighted by atomic mass is 9.67. The largest absolute Gasteiger partial charge is 0.494 e. The van der Waals surface area contributed by atoms with Crippen LogP contribution in [0.2, 0.25) is 0 Å². The highest BCUT2D eigenvalue weighted by Gasteiger charge is 2.47. The van der Waals surface area contributed by atoms with Crippen LogP contribution in [0.3, 0.4) is 0 Å². The first-order chi connectivity index (χ1) is 30.7. The summed E-state index contributed by atoms with van der Waals surface area (Å²) in [7, 11) is 1.41. The standard InChI is InChI=1S/C44H48F3N9O8/c1-63-34-23-30-26(22-31(34)51-39(59)29-5-3-7-35(50-29)44(45,46)47)25-55(53-30)21-18-48-16-17-49-24-37(58)54-19-14-43(15-20-54)12-10-27(11-13-43)64-33-6-2-4-28-38(33)42(62)56(41(28)61)32-8-9-36(57)52-40(32)60/h2-7,22-23,25,27,32,48-49H,8-21,24H2,1H3,(H,51,59)(H,52,57,60). The fraction of sp³-hybridized carbons (Fsp3) is 0.455. The van der Waals surface area contributed by atoms with Crippen molar-refractivity contribution in [1.29, 1.82) is 0 Å². The van der Waals surface area contributed by atoms with Crippen LogP contribution in [0.5, 0.6) is 11.5 Å². The van der Waals surface area contributed by atoms with Crippen LogP contribution < -0.4 is 30.7 Å². The molecule has 2 aromatic carbocycles. The number of piperidine rings is 2. The number of carbonyl (C=O) groups excluding carboxylic acids is 6. The number of nitrogens with zero attached hydrogens (tertiary/aromatic N) is 5. The van der Waals surface area contributed by atoms with Crippen molar-refractivity contribution >= 4 is 52.0 Å². The minimum Gasteiger partial charge on any atom is -0.494 e. The smallest absolute Gasteiger partial charge is 0.433 e. The molecule has 4 aromatic rings. The Kier molecular flexibility index (Phi) is 12.7. The van der Waals surface area contributed by atoms with Crippen molar-refractivity contribution in [2.45, 2.75) is 76.2 Å². The lowest BCUT2D eigenvalue weighted by Crippen LogP contribution is -2.54. The molecule has 1 atom stereocenters. The van der Waals surface area contributed by atoms with E-state index >= 15 is 0 Å². The average molecular weight is 888 g/mol. The van der Waals surface area contributed by atoms with Gasteiger partial charge in [0, 0.05) is 56.8 Å². The molecule has 1 unspecified atom stereocenters. The molecule has 2 saturated heterocycles. The topological polar surface area (TPSA) is 206 Å². The van der Waals surface area contributed by atoms with Gasteiger partial charge < -0.3 is 30.3 Å². The number of pyridine rings is 1. The summed E-state index contributed by atoms with van der Waals surface area (Å²) in [4.78, 5) is 83.1. The van der Waals surface area contributed by atoms with E-state index in [2.05, 4.69) is 31.3 Å². The number of fused-ring (bicyclic) bond motifs is 2. The van der Waals surface area contributed by atoms with Gasteiger partial charge in [0.05, 0.1) is 48.6 Å². The SMILES string of the molecule is COc1cc2nn(CCNCCNCC(=O)N3CCC4(CCC(Oc5cccc6c5C(=O)N(C5CCC(=O)NC5=O)C6=O)CC4)CC3)cc2cc1NC(=O)c1cccc(C(F)(F)F)n1. The quantitative estimate of drug-likeness (QED) is 0.105. The molecule has 0 radical (unpaired) electrons. The van der Waals surface area contributed by atoms with Gasteiger partial charge >= 0.3 is 6.18 Å². The monoisotopic (exact) mass is 887 g/mol. The molecule has 3 fully saturated rings. The third-order valence-electron chi connectivity index (χ3n) is 12.6. The number of imide groups is 2. The minimum absolute atomic E-state index is 0.0456. The van der Waals surface area contributed by atoms with Gasteiger partial charge in [-0.15, -0.1) is 0 Å².